The Labute approximate surface area is 192 Å². The Morgan fingerprint density at radius 1 is 1.00 bits per heavy atom. The number of fused-ring (bicyclic) bond motifs is 2. The third-order valence-electron chi connectivity index (χ3n) is 6.40. The molecule has 3 aromatic carbocycles. The molecule has 1 aliphatic rings. The lowest BCUT2D eigenvalue weighted by atomic mass is 9.87. The van der Waals surface area contributed by atoms with Crippen molar-refractivity contribution in [1.29, 1.82) is 0 Å². The van der Waals surface area contributed by atoms with Gasteiger partial charge in [0.15, 0.2) is 0 Å². The Hall–Kier alpha value is -4.06. The first-order valence-corrected chi connectivity index (χ1v) is 11.0. The summed E-state index contributed by atoms with van der Waals surface area (Å²) in [5, 5.41) is 3.66. The van der Waals surface area contributed by atoms with Crippen LogP contribution in [0.3, 0.4) is 0 Å². The molecule has 2 N–H and O–H groups in total. The molecule has 1 amide bonds. The average molecular weight is 440 g/mol. The van der Waals surface area contributed by atoms with Crippen LogP contribution >= 0.6 is 0 Å². The summed E-state index contributed by atoms with van der Waals surface area (Å²) in [6.07, 6.45) is 2.96. The predicted molar refractivity (Wildman–Crippen MR) is 129 cm³/mol. The highest BCUT2D eigenvalue weighted by Crippen LogP contribution is 2.41. The summed E-state index contributed by atoms with van der Waals surface area (Å²) in [7, 11) is 3.03. The molecule has 1 atom stereocenters. The number of amides is 1. The van der Waals surface area contributed by atoms with E-state index in [0.29, 0.717) is 11.1 Å². The second-order valence-corrected chi connectivity index (χ2v) is 8.17. The summed E-state index contributed by atoms with van der Waals surface area (Å²) in [5.41, 5.74) is 6.82. The van der Waals surface area contributed by atoms with E-state index in [1.54, 1.807) is 13.1 Å². The third-order valence-corrected chi connectivity index (χ3v) is 6.40. The highest BCUT2D eigenvalue weighted by Gasteiger charge is 2.31. The van der Waals surface area contributed by atoms with E-state index in [-0.39, 0.29) is 17.9 Å². The maximum absolute atomic E-state index is 12.2. The summed E-state index contributed by atoms with van der Waals surface area (Å²) in [4.78, 5) is 29.9. The standard InChI is InChI=1S/C27H25N3O3/c1-28-26(31)18-7-10-20(11-8-18)30-14-13-17-5-3-4-6-21(17)25(30)23-16-29-24-12-9-19(15-22(23)24)27(32)33-2/h3-12,15-16,25,29H,13-14H2,1-2H3,(H,28,31). The number of H-pyrrole nitrogens is 1. The molecule has 2 heterocycles. The van der Waals surface area contributed by atoms with E-state index < -0.39 is 0 Å². The van der Waals surface area contributed by atoms with Crippen molar-refractivity contribution < 1.29 is 14.3 Å². The largest absolute Gasteiger partial charge is 0.465 e. The number of hydrogen-bond acceptors (Lipinski definition) is 4. The van der Waals surface area contributed by atoms with Gasteiger partial charge in [-0.1, -0.05) is 24.3 Å². The molecule has 1 aromatic heterocycles. The van der Waals surface area contributed by atoms with Crippen LogP contribution in [0, 0.1) is 0 Å². The van der Waals surface area contributed by atoms with Crippen molar-refractivity contribution in [3.8, 4) is 0 Å². The Morgan fingerprint density at radius 3 is 2.52 bits per heavy atom. The topological polar surface area (TPSA) is 74.4 Å². The average Bonchev–Trinajstić information content (AvgIpc) is 3.30. The highest BCUT2D eigenvalue weighted by atomic mass is 16.5. The number of anilines is 1. The van der Waals surface area contributed by atoms with Gasteiger partial charge in [0.05, 0.1) is 18.7 Å². The van der Waals surface area contributed by atoms with E-state index in [1.807, 2.05) is 42.6 Å². The SMILES string of the molecule is CNC(=O)c1ccc(N2CCc3ccccc3C2c2c[nH]c3ccc(C(=O)OC)cc23)cc1. The normalized spacial score (nSPS) is 15.2. The molecule has 0 saturated carbocycles. The molecule has 0 aliphatic carbocycles. The predicted octanol–water partition coefficient (Wildman–Crippen LogP) is 4.47. The first-order chi connectivity index (χ1) is 16.1. The minimum absolute atomic E-state index is 0.0394. The van der Waals surface area contributed by atoms with Gasteiger partial charge >= 0.3 is 5.97 Å². The smallest absolute Gasteiger partial charge is 0.337 e. The minimum Gasteiger partial charge on any atom is -0.465 e. The summed E-state index contributed by atoms with van der Waals surface area (Å²) in [6.45, 7) is 0.838. The lowest BCUT2D eigenvalue weighted by Gasteiger charge is -2.39. The summed E-state index contributed by atoms with van der Waals surface area (Å²) < 4.78 is 4.94. The van der Waals surface area contributed by atoms with Crippen LogP contribution in [0.5, 0.6) is 0 Å². The van der Waals surface area contributed by atoms with Gasteiger partial charge in [0.1, 0.15) is 0 Å². The van der Waals surface area contributed by atoms with Crippen LogP contribution in [-0.4, -0.2) is 37.6 Å². The van der Waals surface area contributed by atoms with Crippen molar-refractivity contribution in [2.75, 3.05) is 25.6 Å². The number of methoxy groups -OCH3 is 1. The fourth-order valence-electron chi connectivity index (χ4n) is 4.74. The van der Waals surface area contributed by atoms with Gasteiger partial charge in [-0.25, -0.2) is 4.79 Å². The van der Waals surface area contributed by atoms with Gasteiger partial charge in [-0.2, -0.15) is 0 Å². The molecule has 0 spiro atoms. The van der Waals surface area contributed by atoms with Gasteiger partial charge in [0.25, 0.3) is 5.91 Å². The molecule has 0 fully saturated rings. The quantitative estimate of drug-likeness (QED) is 0.460. The molecule has 0 saturated heterocycles. The lowest BCUT2D eigenvalue weighted by molar-refractivity contribution is 0.0600. The van der Waals surface area contributed by atoms with Crippen LogP contribution in [0.2, 0.25) is 0 Å². The number of benzene rings is 3. The van der Waals surface area contributed by atoms with E-state index >= 15 is 0 Å². The molecular weight excluding hydrogens is 414 g/mol. The first kappa shape index (κ1) is 20.8. The number of aromatic amines is 1. The number of ether oxygens (including phenoxy) is 1. The summed E-state index contributed by atoms with van der Waals surface area (Å²) in [6, 6.07) is 21.8. The molecule has 5 rings (SSSR count). The zero-order valence-electron chi connectivity index (χ0n) is 18.6. The maximum Gasteiger partial charge on any atom is 0.337 e. The van der Waals surface area contributed by atoms with Crippen LogP contribution in [0.15, 0.2) is 72.9 Å². The van der Waals surface area contributed by atoms with E-state index in [4.69, 9.17) is 4.74 Å². The van der Waals surface area contributed by atoms with Crippen molar-refractivity contribution in [3.63, 3.8) is 0 Å². The Balaban J connectivity index is 1.65. The van der Waals surface area contributed by atoms with Gasteiger partial charge < -0.3 is 19.9 Å². The number of carbonyl (C=O) groups is 2. The number of nitrogens with zero attached hydrogens (tertiary/aromatic N) is 1. The molecular formula is C27H25N3O3. The number of esters is 1. The van der Waals surface area contributed by atoms with E-state index in [1.165, 1.54) is 18.2 Å². The van der Waals surface area contributed by atoms with Crippen LogP contribution in [0.4, 0.5) is 5.69 Å². The maximum atomic E-state index is 12.2. The van der Waals surface area contributed by atoms with Crippen LogP contribution in [0.1, 0.15) is 43.4 Å². The van der Waals surface area contributed by atoms with Gasteiger partial charge in [-0.3, -0.25) is 4.79 Å². The minimum atomic E-state index is -0.352. The van der Waals surface area contributed by atoms with Gasteiger partial charge in [-0.05, 0) is 60.0 Å². The van der Waals surface area contributed by atoms with Gasteiger partial charge in [-0.15, -0.1) is 0 Å². The van der Waals surface area contributed by atoms with Crippen LogP contribution in [0.25, 0.3) is 10.9 Å². The highest BCUT2D eigenvalue weighted by molar-refractivity contribution is 5.96. The fraction of sp³-hybridized carbons (Fsp3) is 0.185. The molecule has 6 heteroatoms. The zero-order chi connectivity index (χ0) is 22.9. The Kier molecular flexibility index (Phi) is 5.34. The fourth-order valence-corrected chi connectivity index (χ4v) is 4.74. The second kappa shape index (κ2) is 8.47. The van der Waals surface area contributed by atoms with Crippen molar-refractivity contribution >= 4 is 28.5 Å². The number of carbonyl (C=O) groups excluding carboxylic acids is 2. The van der Waals surface area contributed by atoms with E-state index in [0.717, 1.165) is 35.1 Å². The van der Waals surface area contributed by atoms with Gasteiger partial charge in [0.2, 0.25) is 0 Å². The first-order valence-electron chi connectivity index (χ1n) is 11.0. The zero-order valence-corrected chi connectivity index (χ0v) is 18.6. The van der Waals surface area contributed by atoms with Crippen molar-refractivity contribution in [1.82, 2.24) is 10.3 Å². The van der Waals surface area contributed by atoms with Gasteiger partial charge in [0, 0.05) is 47.5 Å². The molecule has 6 nitrogen and oxygen atoms in total. The van der Waals surface area contributed by atoms with Crippen molar-refractivity contribution in [2.45, 2.75) is 12.5 Å². The Bertz CT molecular complexity index is 1340. The molecule has 0 bridgehead atoms. The Morgan fingerprint density at radius 2 is 1.76 bits per heavy atom. The molecule has 0 radical (unpaired) electrons. The lowest BCUT2D eigenvalue weighted by Crippen LogP contribution is -2.36. The second-order valence-electron chi connectivity index (χ2n) is 8.17. The van der Waals surface area contributed by atoms with Crippen LogP contribution < -0.4 is 10.2 Å². The number of aromatic nitrogens is 1. The number of nitrogens with one attached hydrogen (secondary N) is 2. The number of hydrogen-bond donors (Lipinski definition) is 2. The van der Waals surface area contributed by atoms with Crippen molar-refractivity contribution in [2.24, 2.45) is 0 Å². The van der Waals surface area contributed by atoms with Crippen LogP contribution in [-0.2, 0) is 11.2 Å². The summed E-state index contributed by atoms with van der Waals surface area (Å²) in [5.74, 6) is -0.455. The van der Waals surface area contributed by atoms with Crippen molar-refractivity contribution in [3.05, 3.63) is 101 Å². The molecule has 1 unspecified atom stereocenters. The number of rotatable bonds is 4. The van der Waals surface area contributed by atoms with E-state index in [9.17, 15) is 9.59 Å². The monoisotopic (exact) mass is 439 g/mol. The summed E-state index contributed by atoms with van der Waals surface area (Å²) >= 11 is 0. The molecule has 166 valence electrons. The molecule has 4 aromatic rings. The third kappa shape index (κ3) is 3.63. The van der Waals surface area contributed by atoms with E-state index in [2.05, 4.69) is 39.5 Å². The molecule has 33 heavy (non-hydrogen) atoms. The molecule has 1 aliphatic heterocycles.